The van der Waals surface area contributed by atoms with Crippen LogP contribution >= 0.6 is 0 Å². The predicted molar refractivity (Wildman–Crippen MR) is 129 cm³/mol. The van der Waals surface area contributed by atoms with Crippen molar-refractivity contribution in [2.45, 2.75) is 44.7 Å². The average molecular weight is 469 g/mol. The van der Waals surface area contributed by atoms with Gasteiger partial charge in [0, 0.05) is 24.5 Å². The monoisotopic (exact) mass is 468 g/mol. The van der Waals surface area contributed by atoms with Crippen LogP contribution in [0.4, 0.5) is 4.39 Å². The molecule has 0 unspecified atom stereocenters. The number of piperidine rings is 1. The van der Waals surface area contributed by atoms with Gasteiger partial charge in [0.05, 0.1) is 24.8 Å². The molecule has 3 aromatic rings. The molecule has 1 aromatic carbocycles. The number of pyridine rings is 1. The number of alkyl halides is 1. The van der Waals surface area contributed by atoms with Gasteiger partial charge < -0.3 is 19.2 Å². The number of hydrogen-bond donors (Lipinski definition) is 1. The summed E-state index contributed by atoms with van der Waals surface area (Å²) in [7, 11) is 1.58. The molecule has 1 fully saturated rings. The molecular weight excluding hydrogens is 435 g/mol. The number of aryl methyl sites for hydroxylation is 1. The summed E-state index contributed by atoms with van der Waals surface area (Å²) in [5.41, 5.74) is 1.31. The number of furan rings is 1. The Morgan fingerprint density at radius 1 is 1.32 bits per heavy atom. The van der Waals surface area contributed by atoms with Gasteiger partial charge in [-0.25, -0.2) is 4.39 Å². The summed E-state index contributed by atoms with van der Waals surface area (Å²) in [5, 5.41) is 10.6. The van der Waals surface area contributed by atoms with Crippen LogP contribution in [0.25, 0.3) is 10.9 Å². The number of nitrogens with zero attached hydrogens (tertiary/aromatic N) is 2. The number of aliphatic carboxylic acids is 1. The highest BCUT2D eigenvalue weighted by atomic mass is 19.1. The zero-order valence-electron chi connectivity index (χ0n) is 19.7. The first-order valence-electron chi connectivity index (χ1n) is 12.1. The number of rotatable bonds is 11. The number of carboxylic acid groups (broad SMARTS) is 1. The van der Waals surface area contributed by atoms with Gasteiger partial charge in [0.1, 0.15) is 17.7 Å². The SMILES string of the molecule is COc1ccc2nccc([C@@H](F)CC[C@@H]3CCN(CCCCc4ccco4)C[C@@H]3C(=O)O)c2c1. The number of ether oxygens (including phenoxy) is 1. The quantitative estimate of drug-likeness (QED) is 0.365. The van der Waals surface area contributed by atoms with E-state index in [0.717, 1.165) is 55.4 Å². The minimum absolute atomic E-state index is 0.0160. The second-order valence-corrected chi connectivity index (χ2v) is 9.16. The molecule has 0 amide bonds. The molecule has 2 aromatic heterocycles. The van der Waals surface area contributed by atoms with Gasteiger partial charge in [-0.3, -0.25) is 9.78 Å². The summed E-state index contributed by atoms with van der Waals surface area (Å²) in [5.74, 6) is 0.401. The number of halogens is 1. The van der Waals surface area contributed by atoms with Gasteiger partial charge in [-0.1, -0.05) is 0 Å². The van der Waals surface area contributed by atoms with E-state index >= 15 is 4.39 Å². The summed E-state index contributed by atoms with van der Waals surface area (Å²) in [6, 6.07) is 11.0. The Balaban J connectivity index is 1.31. The van der Waals surface area contributed by atoms with Crippen LogP contribution in [0, 0.1) is 11.8 Å². The molecule has 182 valence electrons. The molecule has 0 radical (unpaired) electrons. The number of aromatic nitrogens is 1. The maximum absolute atomic E-state index is 15.3. The standard InChI is InChI=1S/C27H33FN2O4/c1-33-21-8-10-26-23(17-21)22(11-13-29-26)25(28)9-7-19-12-15-30(18-24(19)27(31)32)14-3-2-5-20-6-4-16-34-20/h4,6,8,10-11,13,16-17,19,24-25H,2-3,5,7,9,12,14-15,18H2,1H3,(H,31,32)/t19-,24+,25+/m1/s1. The zero-order chi connectivity index (χ0) is 23.9. The normalized spacial score (nSPS) is 19.8. The van der Waals surface area contributed by atoms with E-state index < -0.39 is 18.1 Å². The van der Waals surface area contributed by atoms with Crippen molar-refractivity contribution in [1.29, 1.82) is 0 Å². The van der Waals surface area contributed by atoms with Crippen LogP contribution in [0.5, 0.6) is 5.75 Å². The number of methoxy groups -OCH3 is 1. The molecule has 4 rings (SSSR count). The number of carboxylic acids is 1. The number of carbonyl (C=O) groups is 1. The number of unbranched alkanes of at least 4 members (excludes halogenated alkanes) is 1. The molecule has 1 N–H and O–H groups in total. The number of hydrogen-bond acceptors (Lipinski definition) is 5. The molecule has 1 aliphatic rings. The highest BCUT2D eigenvalue weighted by Crippen LogP contribution is 2.35. The van der Waals surface area contributed by atoms with Gasteiger partial charge in [0.2, 0.25) is 0 Å². The Morgan fingerprint density at radius 3 is 2.97 bits per heavy atom. The van der Waals surface area contributed by atoms with Crippen LogP contribution < -0.4 is 4.74 Å². The first-order valence-corrected chi connectivity index (χ1v) is 12.1. The lowest BCUT2D eigenvalue weighted by molar-refractivity contribution is -0.146. The summed E-state index contributed by atoms with van der Waals surface area (Å²) in [4.78, 5) is 18.6. The Labute approximate surface area is 199 Å². The highest BCUT2D eigenvalue weighted by molar-refractivity contribution is 5.83. The van der Waals surface area contributed by atoms with E-state index in [-0.39, 0.29) is 5.92 Å². The van der Waals surface area contributed by atoms with Crippen LogP contribution in [0.3, 0.4) is 0 Å². The van der Waals surface area contributed by atoms with Crippen molar-refractivity contribution in [3.8, 4) is 5.75 Å². The lowest BCUT2D eigenvalue weighted by Gasteiger charge is -2.36. The van der Waals surface area contributed by atoms with Gasteiger partial charge in [-0.15, -0.1) is 0 Å². The lowest BCUT2D eigenvalue weighted by Crippen LogP contribution is -2.44. The van der Waals surface area contributed by atoms with E-state index in [2.05, 4.69) is 9.88 Å². The molecule has 6 nitrogen and oxygen atoms in total. The van der Waals surface area contributed by atoms with Crippen molar-refractivity contribution >= 4 is 16.9 Å². The van der Waals surface area contributed by atoms with Gasteiger partial charge in [-0.05, 0) is 93.1 Å². The number of likely N-dealkylation sites (tertiary alicyclic amines) is 1. The fourth-order valence-corrected chi connectivity index (χ4v) is 5.05. The van der Waals surface area contributed by atoms with Gasteiger partial charge >= 0.3 is 5.97 Å². The van der Waals surface area contributed by atoms with Crippen molar-refractivity contribution in [2.24, 2.45) is 11.8 Å². The minimum atomic E-state index is -1.17. The largest absolute Gasteiger partial charge is 0.497 e. The zero-order valence-corrected chi connectivity index (χ0v) is 19.7. The van der Waals surface area contributed by atoms with Crippen LogP contribution in [-0.2, 0) is 11.2 Å². The Bertz CT molecular complexity index is 1070. The number of benzene rings is 1. The van der Waals surface area contributed by atoms with Crippen LogP contribution in [0.1, 0.15) is 49.6 Å². The smallest absolute Gasteiger partial charge is 0.308 e. The fraction of sp³-hybridized carbons (Fsp3) is 0.481. The molecule has 3 atom stereocenters. The summed E-state index contributed by atoms with van der Waals surface area (Å²) < 4.78 is 26.0. The van der Waals surface area contributed by atoms with E-state index in [1.165, 1.54) is 0 Å². The van der Waals surface area contributed by atoms with Gasteiger partial charge in [0.25, 0.3) is 0 Å². The molecular formula is C27H33FN2O4. The van der Waals surface area contributed by atoms with Crippen LogP contribution in [-0.4, -0.2) is 47.7 Å². The molecule has 7 heteroatoms. The Morgan fingerprint density at radius 2 is 2.21 bits per heavy atom. The van der Waals surface area contributed by atoms with Crippen molar-refractivity contribution < 1.29 is 23.4 Å². The maximum Gasteiger partial charge on any atom is 0.308 e. The molecule has 0 bridgehead atoms. The molecule has 1 saturated heterocycles. The summed E-state index contributed by atoms with van der Waals surface area (Å²) in [6.45, 7) is 2.28. The van der Waals surface area contributed by atoms with E-state index in [1.807, 2.05) is 30.3 Å². The number of fused-ring (bicyclic) bond motifs is 1. The first-order chi connectivity index (χ1) is 16.5. The van der Waals surface area contributed by atoms with Gasteiger partial charge in [-0.2, -0.15) is 0 Å². The van der Waals surface area contributed by atoms with Crippen molar-refractivity contribution in [3.05, 3.63) is 60.2 Å². The van der Waals surface area contributed by atoms with Gasteiger partial charge in [0.15, 0.2) is 0 Å². The second-order valence-electron chi connectivity index (χ2n) is 9.16. The van der Waals surface area contributed by atoms with Crippen molar-refractivity contribution in [2.75, 3.05) is 26.7 Å². The Hall–Kier alpha value is -2.93. The topological polar surface area (TPSA) is 75.8 Å². The molecule has 3 heterocycles. The maximum atomic E-state index is 15.3. The molecule has 1 aliphatic heterocycles. The minimum Gasteiger partial charge on any atom is -0.497 e. The van der Waals surface area contributed by atoms with E-state index in [4.69, 9.17) is 9.15 Å². The third kappa shape index (κ3) is 5.95. The van der Waals surface area contributed by atoms with Crippen molar-refractivity contribution in [1.82, 2.24) is 9.88 Å². The third-order valence-corrected chi connectivity index (χ3v) is 7.00. The van der Waals surface area contributed by atoms with E-state index in [1.54, 1.807) is 25.6 Å². The third-order valence-electron chi connectivity index (χ3n) is 7.00. The molecule has 0 spiro atoms. The lowest BCUT2D eigenvalue weighted by atomic mass is 9.81. The summed E-state index contributed by atoms with van der Waals surface area (Å²) >= 11 is 0. The summed E-state index contributed by atoms with van der Waals surface area (Å²) in [6.07, 6.45) is 6.70. The van der Waals surface area contributed by atoms with E-state index in [9.17, 15) is 9.90 Å². The average Bonchev–Trinajstić information content (AvgIpc) is 3.38. The van der Waals surface area contributed by atoms with Crippen LogP contribution in [0.15, 0.2) is 53.3 Å². The molecule has 34 heavy (non-hydrogen) atoms. The highest BCUT2D eigenvalue weighted by Gasteiger charge is 2.34. The van der Waals surface area contributed by atoms with Crippen LogP contribution in [0.2, 0.25) is 0 Å². The molecule has 0 aliphatic carbocycles. The first kappa shape index (κ1) is 24.2. The Kier molecular flexibility index (Phi) is 8.16. The fourth-order valence-electron chi connectivity index (χ4n) is 5.05. The van der Waals surface area contributed by atoms with Crippen molar-refractivity contribution in [3.63, 3.8) is 0 Å². The second kappa shape index (κ2) is 11.5. The molecule has 0 saturated carbocycles. The predicted octanol–water partition coefficient (Wildman–Crippen LogP) is 5.67. The van der Waals surface area contributed by atoms with E-state index in [0.29, 0.717) is 30.7 Å².